The first-order chi connectivity index (χ1) is 6.50. The Hall–Kier alpha value is -1.07. The topological polar surface area (TPSA) is 55.8 Å². The van der Waals surface area contributed by atoms with Gasteiger partial charge in [-0.25, -0.2) is 4.79 Å². The molecule has 0 spiro atoms. The number of rotatable bonds is 4. The maximum atomic E-state index is 10.9. The van der Waals surface area contributed by atoms with Crippen LogP contribution in [-0.4, -0.2) is 19.2 Å². The Morgan fingerprint density at radius 2 is 2.00 bits per heavy atom. The highest BCUT2D eigenvalue weighted by atomic mass is 16.7. The van der Waals surface area contributed by atoms with Crippen molar-refractivity contribution in [3.63, 3.8) is 0 Å². The lowest BCUT2D eigenvalue weighted by Gasteiger charge is -2.09. The molecule has 0 N–H and O–H groups in total. The van der Waals surface area contributed by atoms with Gasteiger partial charge in [-0.05, 0) is 0 Å². The van der Waals surface area contributed by atoms with E-state index in [4.69, 9.17) is 13.7 Å². The van der Waals surface area contributed by atoms with E-state index in [-0.39, 0.29) is 12.5 Å². The van der Waals surface area contributed by atoms with Crippen molar-refractivity contribution in [2.75, 3.05) is 14.1 Å². The molecule has 0 aliphatic heterocycles. The monoisotopic (exact) mass is 201 g/mol. The smallest absolute Gasteiger partial charge is 0.395 e. The summed E-state index contributed by atoms with van der Waals surface area (Å²) in [6.07, 6.45) is 0. The molecule has 1 heterocycles. The zero-order chi connectivity index (χ0) is 10.7. The minimum absolute atomic E-state index is 0.113. The van der Waals surface area contributed by atoms with Gasteiger partial charge in [0.2, 0.25) is 0 Å². The normalized spacial score (nSPS) is 11.6. The summed E-state index contributed by atoms with van der Waals surface area (Å²) < 4.78 is 9.74. The summed E-state index contributed by atoms with van der Waals surface area (Å²) in [6.45, 7) is 4.06. The second kappa shape index (κ2) is 4.43. The highest BCUT2D eigenvalue weighted by molar-refractivity contribution is 5.06. The van der Waals surface area contributed by atoms with Crippen LogP contribution in [0.3, 0.4) is 0 Å². The molecular formula is C9H15NO4. The molecule has 0 atom stereocenters. The van der Waals surface area contributed by atoms with Crippen LogP contribution in [0.15, 0.2) is 13.6 Å². The minimum atomic E-state index is -0.675. The molecule has 1 rings (SSSR count). The minimum Gasteiger partial charge on any atom is -0.395 e. The summed E-state index contributed by atoms with van der Waals surface area (Å²) in [5.41, 5.74) is 0. The maximum absolute atomic E-state index is 10.9. The quantitative estimate of drug-likeness (QED) is 0.688. The highest BCUT2D eigenvalue weighted by Gasteiger charge is 2.16. The van der Waals surface area contributed by atoms with Crippen molar-refractivity contribution in [1.82, 2.24) is 5.06 Å². The van der Waals surface area contributed by atoms with Gasteiger partial charge in [-0.3, -0.25) is 4.84 Å². The molecule has 0 bridgehead atoms. The van der Waals surface area contributed by atoms with Crippen molar-refractivity contribution in [2.45, 2.75) is 26.4 Å². The molecule has 0 aromatic carbocycles. The fourth-order valence-corrected chi connectivity index (χ4v) is 1.05. The number of nitrogens with zero attached hydrogens (tertiary/aromatic N) is 1. The largest absolute Gasteiger partial charge is 0.519 e. The van der Waals surface area contributed by atoms with Crippen molar-refractivity contribution < 1.29 is 13.7 Å². The fraction of sp³-hybridized carbons (Fsp3) is 0.667. The molecule has 0 saturated carbocycles. The SMILES string of the molecule is CC(C)c1oc(=O)oc1CON(C)C. The molecule has 1 aromatic heterocycles. The van der Waals surface area contributed by atoms with Crippen molar-refractivity contribution >= 4 is 0 Å². The van der Waals surface area contributed by atoms with E-state index in [0.29, 0.717) is 11.5 Å². The Balaban J connectivity index is 2.79. The number of hydrogen-bond donors (Lipinski definition) is 0. The van der Waals surface area contributed by atoms with Crippen LogP contribution in [0.25, 0.3) is 0 Å². The van der Waals surface area contributed by atoms with Crippen molar-refractivity contribution in [3.8, 4) is 0 Å². The lowest BCUT2D eigenvalue weighted by molar-refractivity contribution is -0.135. The second-order valence-electron chi connectivity index (χ2n) is 3.48. The van der Waals surface area contributed by atoms with Crippen LogP contribution in [0, 0.1) is 0 Å². The van der Waals surface area contributed by atoms with Gasteiger partial charge in [-0.2, -0.15) is 5.06 Å². The van der Waals surface area contributed by atoms with Gasteiger partial charge in [0.1, 0.15) is 6.61 Å². The molecule has 0 aliphatic rings. The average Bonchev–Trinajstić information content (AvgIpc) is 2.43. The molecule has 5 nitrogen and oxygen atoms in total. The van der Waals surface area contributed by atoms with Gasteiger partial charge in [0.05, 0.1) is 0 Å². The molecule has 5 heteroatoms. The Labute approximate surface area is 82.2 Å². The molecule has 0 fully saturated rings. The van der Waals surface area contributed by atoms with Crippen LogP contribution in [0.4, 0.5) is 0 Å². The molecule has 0 aliphatic carbocycles. The van der Waals surface area contributed by atoms with E-state index < -0.39 is 5.82 Å². The van der Waals surface area contributed by atoms with Crippen LogP contribution in [0.2, 0.25) is 0 Å². The van der Waals surface area contributed by atoms with Crippen molar-refractivity contribution in [1.29, 1.82) is 0 Å². The van der Waals surface area contributed by atoms with Gasteiger partial charge < -0.3 is 8.83 Å². The third-order valence-corrected chi connectivity index (χ3v) is 1.65. The number of hydroxylamine groups is 2. The summed E-state index contributed by atoms with van der Waals surface area (Å²) in [7, 11) is 3.51. The number of hydrogen-bond acceptors (Lipinski definition) is 5. The van der Waals surface area contributed by atoms with Gasteiger partial charge in [0.15, 0.2) is 11.5 Å². The lowest BCUT2D eigenvalue weighted by Crippen LogP contribution is -2.12. The van der Waals surface area contributed by atoms with Gasteiger partial charge in [-0.1, -0.05) is 13.8 Å². The highest BCUT2D eigenvalue weighted by Crippen LogP contribution is 2.18. The first-order valence-corrected chi connectivity index (χ1v) is 4.43. The summed E-state index contributed by atoms with van der Waals surface area (Å²) in [4.78, 5) is 16.0. The first kappa shape index (κ1) is 11.0. The standard InChI is InChI=1S/C9H15NO4/c1-6(2)8-7(5-12-10(3)4)13-9(11)14-8/h6H,5H2,1-4H3. The molecule has 14 heavy (non-hydrogen) atoms. The molecular weight excluding hydrogens is 186 g/mol. The summed E-state index contributed by atoms with van der Waals surface area (Å²) >= 11 is 0. The van der Waals surface area contributed by atoms with E-state index in [2.05, 4.69) is 0 Å². The third-order valence-electron chi connectivity index (χ3n) is 1.65. The Bertz CT molecular complexity index is 337. The van der Waals surface area contributed by atoms with E-state index in [9.17, 15) is 4.79 Å². The van der Waals surface area contributed by atoms with Crippen LogP contribution in [0.1, 0.15) is 31.3 Å². The fourth-order valence-electron chi connectivity index (χ4n) is 1.05. The van der Waals surface area contributed by atoms with Crippen molar-refractivity contribution in [2.24, 2.45) is 0 Å². The molecule has 1 aromatic rings. The molecule has 0 saturated heterocycles. The van der Waals surface area contributed by atoms with Crippen LogP contribution >= 0.6 is 0 Å². The Morgan fingerprint density at radius 3 is 2.50 bits per heavy atom. The van der Waals surface area contributed by atoms with E-state index >= 15 is 0 Å². The van der Waals surface area contributed by atoms with E-state index in [0.717, 1.165) is 0 Å². The maximum Gasteiger partial charge on any atom is 0.519 e. The molecule has 0 amide bonds. The van der Waals surface area contributed by atoms with Gasteiger partial charge in [-0.15, -0.1) is 0 Å². The van der Waals surface area contributed by atoms with Crippen molar-refractivity contribution in [3.05, 3.63) is 22.1 Å². The summed E-state index contributed by atoms with van der Waals surface area (Å²) in [5, 5.41) is 1.54. The van der Waals surface area contributed by atoms with Crippen LogP contribution in [0.5, 0.6) is 0 Å². The van der Waals surface area contributed by atoms with Crippen LogP contribution in [-0.2, 0) is 11.4 Å². The lowest BCUT2D eigenvalue weighted by atomic mass is 10.1. The van der Waals surface area contributed by atoms with E-state index in [1.807, 2.05) is 13.8 Å². The molecule has 0 unspecified atom stereocenters. The Morgan fingerprint density at radius 1 is 1.36 bits per heavy atom. The second-order valence-corrected chi connectivity index (χ2v) is 3.48. The third kappa shape index (κ3) is 2.71. The summed E-state index contributed by atoms with van der Waals surface area (Å²) in [6, 6.07) is 0. The average molecular weight is 201 g/mol. The van der Waals surface area contributed by atoms with Gasteiger partial charge in [0.25, 0.3) is 0 Å². The van der Waals surface area contributed by atoms with E-state index in [1.54, 1.807) is 14.1 Å². The zero-order valence-corrected chi connectivity index (χ0v) is 8.86. The predicted molar refractivity (Wildman–Crippen MR) is 49.8 cm³/mol. The zero-order valence-electron chi connectivity index (χ0n) is 8.86. The van der Waals surface area contributed by atoms with Gasteiger partial charge in [0, 0.05) is 20.0 Å². The molecule has 80 valence electrons. The van der Waals surface area contributed by atoms with Gasteiger partial charge >= 0.3 is 5.82 Å². The van der Waals surface area contributed by atoms with E-state index in [1.165, 1.54) is 5.06 Å². The first-order valence-electron chi connectivity index (χ1n) is 4.43. The Kier molecular flexibility index (Phi) is 3.49. The predicted octanol–water partition coefficient (Wildman–Crippen LogP) is 1.35. The summed E-state index contributed by atoms with van der Waals surface area (Å²) in [5.74, 6) is 0.448. The molecule has 0 radical (unpaired) electrons. The van der Waals surface area contributed by atoms with Crippen LogP contribution < -0.4 is 5.82 Å².